The number of ether oxygens (including phenoxy) is 1. The Bertz CT molecular complexity index is 687. The van der Waals surface area contributed by atoms with Crippen LogP contribution in [-0.4, -0.2) is 56.6 Å². The molecule has 0 saturated heterocycles. The van der Waals surface area contributed by atoms with Crippen LogP contribution in [0.15, 0.2) is 52.1 Å². The molecular weight excluding hydrogens is 467 g/mol. The van der Waals surface area contributed by atoms with Crippen molar-refractivity contribution in [1.82, 2.24) is 15.1 Å². The second-order valence-electron chi connectivity index (χ2n) is 6.62. The van der Waals surface area contributed by atoms with Crippen LogP contribution in [0.25, 0.3) is 0 Å². The molecule has 28 heavy (non-hydrogen) atoms. The van der Waals surface area contributed by atoms with Crippen LogP contribution >= 0.6 is 24.0 Å². The number of halogens is 1. The van der Waals surface area contributed by atoms with Crippen LogP contribution in [0.4, 0.5) is 0 Å². The zero-order chi connectivity index (χ0) is 19.6. The first-order valence-electron chi connectivity index (χ1n) is 9.46. The first kappa shape index (κ1) is 24.3. The fourth-order valence-corrected chi connectivity index (χ4v) is 2.84. The Morgan fingerprint density at radius 2 is 1.86 bits per heavy atom. The van der Waals surface area contributed by atoms with Gasteiger partial charge in [-0.25, -0.2) is 0 Å². The van der Waals surface area contributed by atoms with Gasteiger partial charge in [0.1, 0.15) is 11.5 Å². The second-order valence-corrected chi connectivity index (χ2v) is 6.62. The topological polar surface area (TPSA) is 53.2 Å². The van der Waals surface area contributed by atoms with Crippen molar-refractivity contribution in [3.05, 3.63) is 54.0 Å². The van der Waals surface area contributed by atoms with Crippen LogP contribution in [0.3, 0.4) is 0 Å². The largest absolute Gasteiger partial charge is 0.494 e. The number of hydrogen-bond donors (Lipinski definition) is 1. The molecule has 0 bridgehead atoms. The van der Waals surface area contributed by atoms with E-state index in [0.29, 0.717) is 13.2 Å². The number of rotatable bonds is 9. The number of nitrogens with zero attached hydrogens (tertiary/aromatic N) is 3. The van der Waals surface area contributed by atoms with Crippen LogP contribution in [0.5, 0.6) is 5.75 Å². The molecule has 2 rings (SSSR count). The molecule has 0 radical (unpaired) electrons. The summed E-state index contributed by atoms with van der Waals surface area (Å²) in [5, 5.41) is 3.38. The summed E-state index contributed by atoms with van der Waals surface area (Å²) < 4.78 is 11.1. The lowest BCUT2D eigenvalue weighted by Gasteiger charge is -2.25. The Balaban J connectivity index is 0.00000392. The SMILES string of the molecule is CCNC(=NCC(c1ccco1)N(C)C)N(C)Cc1ccc(OCC)cc1.I. The average molecular weight is 500 g/mol. The van der Waals surface area contributed by atoms with Gasteiger partial charge >= 0.3 is 0 Å². The van der Waals surface area contributed by atoms with Gasteiger partial charge in [0.15, 0.2) is 5.96 Å². The third kappa shape index (κ3) is 7.35. The number of likely N-dealkylation sites (N-methyl/N-ethyl adjacent to an activating group) is 1. The van der Waals surface area contributed by atoms with E-state index in [-0.39, 0.29) is 30.0 Å². The Hall–Kier alpha value is -1.74. The Morgan fingerprint density at radius 1 is 1.14 bits per heavy atom. The molecule has 156 valence electrons. The number of benzene rings is 1. The molecule has 0 aliphatic rings. The molecule has 1 aromatic carbocycles. The van der Waals surface area contributed by atoms with Gasteiger partial charge in [-0.15, -0.1) is 24.0 Å². The van der Waals surface area contributed by atoms with Gasteiger partial charge in [-0.1, -0.05) is 12.1 Å². The lowest BCUT2D eigenvalue weighted by molar-refractivity contribution is 0.264. The van der Waals surface area contributed by atoms with Crippen molar-refractivity contribution < 1.29 is 9.15 Å². The lowest BCUT2D eigenvalue weighted by atomic mass is 10.2. The summed E-state index contributed by atoms with van der Waals surface area (Å²) in [5.74, 6) is 2.70. The fourth-order valence-electron chi connectivity index (χ4n) is 2.84. The maximum atomic E-state index is 5.58. The molecule has 0 amide bonds. The van der Waals surface area contributed by atoms with Crippen molar-refractivity contribution in [1.29, 1.82) is 0 Å². The molecule has 0 saturated carbocycles. The summed E-state index contributed by atoms with van der Waals surface area (Å²) in [6, 6.07) is 12.2. The predicted octanol–water partition coefficient (Wildman–Crippen LogP) is 4.00. The molecule has 2 aromatic rings. The van der Waals surface area contributed by atoms with Gasteiger partial charge in [-0.3, -0.25) is 9.89 Å². The van der Waals surface area contributed by atoms with Crippen LogP contribution < -0.4 is 10.1 Å². The highest BCUT2D eigenvalue weighted by molar-refractivity contribution is 14.0. The molecule has 1 atom stereocenters. The third-order valence-corrected chi connectivity index (χ3v) is 4.26. The number of guanidine groups is 1. The van der Waals surface area contributed by atoms with Crippen molar-refractivity contribution in [3.8, 4) is 5.75 Å². The van der Waals surface area contributed by atoms with Crippen molar-refractivity contribution >= 4 is 29.9 Å². The summed E-state index contributed by atoms with van der Waals surface area (Å²) in [5.41, 5.74) is 1.21. The van der Waals surface area contributed by atoms with E-state index in [4.69, 9.17) is 14.1 Å². The van der Waals surface area contributed by atoms with E-state index < -0.39 is 0 Å². The Kier molecular flexibility index (Phi) is 11.0. The monoisotopic (exact) mass is 500 g/mol. The fraction of sp³-hybridized carbons (Fsp3) is 0.476. The summed E-state index contributed by atoms with van der Waals surface area (Å²) >= 11 is 0. The minimum atomic E-state index is 0. The standard InChI is InChI=1S/C21H32N4O2.HI/c1-6-22-21(23-15-19(24(3)4)20-9-8-14-27-20)25(5)16-17-10-12-18(13-11-17)26-7-2;/h8-14,19H,6-7,15-16H2,1-5H3,(H,22,23);1H. The lowest BCUT2D eigenvalue weighted by Crippen LogP contribution is -2.39. The maximum absolute atomic E-state index is 5.58. The van der Waals surface area contributed by atoms with Crippen LogP contribution in [0, 0.1) is 0 Å². The number of furan rings is 1. The van der Waals surface area contributed by atoms with E-state index in [1.807, 2.05) is 45.3 Å². The predicted molar refractivity (Wildman–Crippen MR) is 126 cm³/mol. The molecule has 0 spiro atoms. The minimum absolute atomic E-state index is 0. The number of nitrogens with one attached hydrogen (secondary N) is 1. The van der Waals surface area contributed by atoms with E-state index in [1.54, 1.807) is 6.26 Å². The summed E-state index contributed by atoms with van der Waals surface area (Å²) in [4.78, 5) is 9.10. The highest BCUT2D eigenvalue weighted by Gasteiger charge is 2.17. The van der Waals surface area contributed by atoms with E-state index >= 15 is 0 Å². The Morgan fingerprint density at radius 3 is 2.39 bits per heavy atom. The van der Waals surface area contributed by atoms with Crippen LogP contribution in [-0.2, 0) is 6.54 Å². The molecule has 1 unspecified atom stereocenters. The van der Waals surface area contributed by atoms with Crippen molar-refractivity contribution in [2.45, 2.75) is 26.4 Å². The minimum Gasteiger partial charge on any atom is -0.494 e. The summed E-state index contributed by atoms with van der Waals surface area (Å²) in [6.45, 7) is 6.96. The van der Waals surface area contributed by atoms with Crippen LogP contribution in [0.2, 0.25) is 0 Å². The molecule has 1 aromatic heterocycles. The molecule has 7 heteroatoms. The smallest absolute Gasteiger partial charge is 0.194 e. The van der Waals surface area contributed by atoms with Gasteiger partial charge in [0.05, 0.1) is 25.5 Å². The summed E-state index contributed by atoms with van der Waals surface area (Å²) in [7, 11) is 6.13. The first-order valence-corrected chi connectivity index (χ1v) is 9.46. The highest BCUT2D eigenvalue weighted by Crippen LogP contribution is 2.19. The molecule has 0 aliphatic heterocycles. The molecular formula is C21H33IN4O2. The maximum Gasteiger partial charge on any atom is 0.194 e. The van der Waals surface area contributed by atoms with Crippen molar-refractivity contribution in [3.63, 3.8) is 0 Å². The van der Waals surface area contributed by atoms with Gasteiger partial charge < -0.3 is 19.4 Å². The van der Waals surface area contributed by atoms with E-state index in [1.165, 1.54) is 5.56 Å². The van der Waals surface area contributed by atoms with Gasteiger partial charge in [-0.2, -0.15) is 0 Å². The zero-order valence-electron chi connectivity index (χ0n) is 17.5. The summed E-state index contributed by atoms with van der Waals surface area (Å²) in [6.07, 6.45) is 1.71. The van der Waals surface area contributed by atoms with Crippen LogP contribution in [0.1, 0.15) is 31.2 Å². The average Bonchev–Trinajstić information content (AvgIpc) is 3.17. The van der Waals surface area contributed by atoms with Crippen molar-refractivity contribution in [2.75, 3.05) is 40.8 Å². The quantitative estimate of drug-likeness (QED) is 0.321. The Labute approximate surface area is 186 Å². The molecule has 1 heterocycles. The molecule has 0 aliphatic carbocycles. The van der Waals surface area contributed by atoms with Gasteiger partial charge in [-0.05, 0) is 57.8 Å². The normalized spacial score (nSPS) is 12.4. The molecule has 6 nitrogen and oxygen atoms in total. The molecule has 0 fully saturated rings. The van der Waals surface area contributed by atoms with E-state index in [0.717, 1.165) is 30.6 Å². The van der Waals surface area contributed by atoms with Gasteiger partial charge in [0, 0.05) is 20.1 Å². The van der Waals surface area contributed by atoms with Crippen molar-refractivity contribution in [2.24, 2.45) is 4.99 Å². The number of aliphatic imine (C=N–C) groups is 1. The highest BCUT2D eigenvalue weighted by atomic mass is 127. The zero-order valence-corrected chi connectivity index (χ0v) is 19.8. The molecule has 1 N–H and O–H groups in total. The van der Waals surface area contributed by atoms with Gasteiger partial charge in [0.2, 0.25) is 0 Å². The van der Waals surface area contributed by atoms with E-state index in [9.17, 15) is 0 Å². The van der Waals surface area contributed by atoms with Gasteiger partial charge in [0.25, 0.3) is 0 Å². The third-order valence-electron chi connectivity index (χ3n) is 4.26. The number of hydrogen-bond acceptors (Lipinski definition) is 4. The first-order chi connectivity index (χ1) is 13.0. The second kappa shape index (κ2) is 12.7. The van der Waals surface area contributed by atoms with E-state index in [2.05, 4.69) is 41.2 Å².